The first-order valence-corrected chi connectivity index (χ1v) is 8.44. The summed E-state index contributed by atoms with van der Waals surface area (Å²) in [5, 5.41) is 12.0. The minimum Gasteiger partial charge on any atom is -0.481 e. The van der Waals surface area contributed by atoms with Gasteiger partial charge >= 0.3 is 12.0 Å². The van der Waals surface area contributed by atoms with Gasteiger partial charge in [0.25, 0.3) is 0 Å². The predicted octanol–water partition coefficient (Wildman–Crippen LogP) is 3.55. The number of piperidine rings is 1. The number of rotatable bonds is 4. The third-order valence-electron chi connectivity index (χ3n) is 4.05. The van der Waals surface area contributed by atoms with Crippen molar-refractivity contribution in [1.82, 2.24) is 10.2 Å². The number of nitrogens with one attached hydrogen (secondary N) is 1. The van der Waals surface area contributed by atoms with E-state index in [1.54, 1.807) is 6.07 Å². The Kier molecular flexibility index (Phi) is 5.98. The second-order valence-corrected chi connectivity index (χ2v) is 6.65. The quantitative estimate of drug-likeness (QED) is 0.830. The fourth-order valence-corrected chi connectivity index (χ4v) is 3.28. The van der Waals surface area contributed by atoms with Crippen LogP contribution in [0.5, 0.6) is 0 Å². The summed E-state index contributed by atoms with van der Waals surface area (Å²) in [5.41, 5.74) is 0.680. The summed E-state index contributed by atoms with van der Waals surface area (Å²) in [6.07, 6.45) is 1.87. The van der Waals surface area contributed by atoms with Gasteiger partial charge in [-0.3, -0.25) is 4.79 Å². The molecule has 5 nitrogen and oxygen atoms in total. The van der Waals surface area contributed by atoms with Crippen LogP contribution < -0.4 is 5.32 Å². The van der Waals surface area contributed by atoms with Gasteiger partial charge in [-0.05, 0) is 43.0 Å². The molecule has 2 N–H and O–H groups in total. The molecular weight excluding hydrogens is 367 g/mol. The molecule has 7 heteroatoms. The summed E-state index contributed by atoms with van der Waals surface area (Å²) in [5.74, 6) is -1.76. The number of urea groups is 1. The summed E-state index contributed by atoms with van der Waals surface area (Å²) < 4.78 is 14.2. The van der Waals surface area contributed by atoms with E-state index < -0.39 is 11.9 Å². The molecule has 0 aliphatic carbocycles. The Balaban J connectivity index is 2.06. The van der Waals surface area contributed by atoms with Gasteiger partial charge in [0.15, 0.2) is 0 Å². The zero-order valence-electron chi connectivity index (χ0n) is 12.9. The van der Waals surface area contributed by atoms with Crippen LogP contribution in [0, 0.1) is 11.7 Å². The van der Waals surface area contributed by atoms with E-state index in [0.29, 0.717) is 35.8 Å². The van der Waals surface area contributed by atoms with Crippen molar-refractivity contribution in [3.05, 3.63) is 34.1 Å². The van der Waals surface area contributed by atoms with E-state index in [1.165, 1.54) is 17.0 Å². The molecule has 0 saturated carbocycles. The first-order chi connectivity index (χ1) is 10.9. The molecule has 23 heavy (non-hydrogen) atoms. The number of aliphatic carboxylic acids is 1. The van der Waals surface area contributed by atoms with E-state index in [9.17, 15) is 14.0 Å². The van der Waals surface area contributed by atoms with Gasteiger partial charge in [0.2, 0.25) is 0 Å². The van der Waals surface area contributed by atoms with Gasteiger partial charge in [0.1, 0.15) is 5.82 Å². The van der Waals surface area contributed by atoms with Gasteiger partial charge in [-0.15, -0.1) is 0 Å². The molecule has 2 amide bonds. The molecule has 1 aliphatic heterocycles. The molecule has 1 heterocycles. The monoisotopic (exact) mass is 386 g/mol. The lowest BCUT2D eigenvalue weighted by Gasteiger charge is -2.32. The Morgan fingerprint density at radius 3 is 2.83 bits per heavy atom. The van der Waals surface area contributed by atoms with Crippen molar-refractivity contribution in [1.29, 1.82) is 0 Å². The van der Waals surface area contributed by atoms with E-state index in [0.717, 1.165) is 0 Å². The topological polar surface area (TPSA) is 69.6 Å². The van der Waals surface area contributed by atoms with E-state index >= 15 is 0 Å². The zero-order chi connectivity index (χ0) is 17.0. The number of carbonyl (C=O) groups is 2. The Morgan fingerprint density at radius 1 is 1.48 bits per heavy atom. The summed E-state index contributed by atoms with van der Waals surface area (Å²) in [7, 11) is 0. The third-order valence-corrected chi connectivity index (χ3v) is 4.51. The maximum Gasteiger partial charge on any atom is 0.317 e. The van der Waals surface area contributed by atoms with Crippen LogP contribution in [-0.4, -0.2) is 35.1 Å². The van der Waals surface area contributed by atoms with Gasteiger partial charge in [-0.1, -0.05) is 22.9 Å². The van der Waals surface area contributed by atoms with Crippen molar-refractivity contribution in [3.8, 4) is 0 Å². The van der Waals surface area contributed by atoms with Crippen LogP contribution in [-0.2, 0) is 4.79 Å². The molecule has 2 unspecified atom stereocenters. The fourth-order valence-electron chi connectivity index (χ4n) is 2.80. The molecule has 2 rings (SSSR count). The average molecular weight is 387 g/mol. The maximum atomic E-state index is 13.5. The van der Waals surface area contributed by atoms with Gasteiger partial charge in [0, 0.05) is 17.6 Å². The number of carboxylic acid groups (broad SMARTS) is 1. The number of amides is 2. The summed E-state index contributed by atoms with van der Waals surface area (Å²) >= 11 is 3.25. The number of carbonyl (C=O) groups excluding carboxylic acids is 1. The molecule has 0 radical (unpaired) electrons. The SMILES string of the molecule is CCC(NC(=O)N1CCCC(C(=O)O)C1)c1cc(F)cc(Br)c1. The molecule has 0 aromatic heterocycles. The second-order valence-electron chi connectivity index (χ2n) is 5.74. The summed E-state index contributed by atoms with van der Waals surface area (Å²) in [6, 6.07) is 3.91. The zero-order valence-corrected chi connectivity index (χ0v) is 14.5. The van der Waals surface area contributed by atoms with Crippen molar-refractivity contribution in [2.75, 3.05) is 13.1 Å². The van der Waals surface area contributed by atoms with Gasteiger partial charge in [-0.2, -0.15) is 0 Å². The molecule has 1 aromatic rings. The second kappa shape index (κ2) is 7.77. The first kappa shape index (κ1) is 17.7. The Morgan fingerprint density at radius 2 is 2.22 bits per heavy atom. The number of hydrogen-bond donors (Lipinski definition) is 2. The highest BCUT2D eigenvalue weighted by Gasteiger charge is 2.29. The first-order valence-electron chi connectivity index (χ1n) is 7.65. The average Bonchev–Trinajstić information content (AvgIpc) is 2.51. The van der Waals surface area contributed by atoms with Crippen LogP contribution >= 0.6 is 15.9 Å². The predicted molar refractivity (Wildman–Crippen MR) is 87.6 cm³/mol. The highest BCUT2D eigenvalue weighted by Crippen LogP contribution is 2.23. The molecule has 1 aromatic carbocycles. The van der Waals surface area contributed by atoms with Crippen molar-refractivity contribution in [3.63, 3.8) is 0 Å². The Labute approximate surface area is 143 Å². The molecule has 0 spiro atoms. The van der Waals surface area contributed by atoms with Crippen LogP contribution in [0.4, 0.5) is 9.18 Å². The number of carboxylic acids is 1. The Bertz CT molecular complexity index is 576. The minimum absolute atomic E-state index is 0.213. The lowest BCUT2D eigenvalue weighted by Crippen LogP contribution is -2.47. The van der Waals surface area contributed by atoms with Crippen molar-refractivity contribution in [2.45, 2.75) is 32.2 Å². The summed E-state index contributed by atoms with van der Waals surface area (Å²) in [4.78, 5) is 25.0. The number of hydrogen-bond acceptors (Lipinski definition) is 2. The number of benzene rings is 1. The molecule has 1 aliphatic rings. The lowest BCUT2D eigenvalue weighted by atomic mass is 9.98. The van der Waals surface area contributed by atoms with Gasteiger partial charge in [0.05, 0.1) is 12.0 Å². The normalized spacial score (nSPS) is 19.3. The molecule has 126 valence electrons. The smallest absolute Gasteiger partial charge is 0.317 e. The van der Waals surface area contributed by atoms with Crippen LogP contribution in [0.1, 0.15) is 37.8 Å². The molecule has 2 atom stereocenters. The lowest BCUT2D eigenvalue weighted by molar-refractivity contribution is -0.143. The van der Waals surface area contributed by atoms with Crippen LogP contribution in [0.2, 0.25) is 0 Å². The van der Waals surface area contributed by atoms with Crippen molar-refractivity contribution < 1.29 is 19.1 Å². The van der Waals surface area contributed by atoms with Gasteiger partial charge < -0.3 is 15.3 Å². The number of halogens is 2. The van der Waals surface area contributed by atoms with E-state index in [1.807, 2.05) is 6.92 Å². The number of likely N-dealkylation sites (tertiary alicyclic amines) is 1. The van der Waals surface area contributed by atoms with Crippen LogP contribution in [0.15, 0.2) is 22.7 Å². The van der Waals surface area contributed by atoms with Crippen molar-refractivity contribution >= 4 is 27.9 Å². The maximum absolute atomic E-state index is 13.5. The molecule has 1 fully saturated rings. The fraction of sp³-hybridized carbons (Fsp3) is 0.500. The minimum atomic E-state index is -0.872. The van der Waals surface area contributed by atoms with Crippen LogP contribution in [0.3, 0.4) is 0 Å². The van der Waals surface area contributed by atoms with Crippen LogP contribution in [0.25, 0.3) is 0 Å². The highest BCUT2D eigenvalue weighted by molar-refractivity contribution is 9.10. The van der Waals surface area contributed by atoms with E-state index in [-0.39, 0.29) is 24.4 Å². The molecule has 1 saturated heterocycles. The highest BCUT2D eigenvalue weighted by atomic mass is 79.9. The standard InChI is InChI=1S/C16H20BrFN2O3/c1-2-14(11-6-12(17)8-13(18)7-11)19-16(23)20-5-3-4-10(9-20)15(21)22/h6-8,10,14H,2-5,9H2,1H3,(H,19,23)(H,21,22). The van der Waals surface area contributed by atoms with E-state index in [2.05, 4.69) is 21.2 Å². The van der Waals surface area contributed by atoms with Crippen molar-refractivity contribution in [2.24, 2.45) is 5.92 Å². The molecular formula is C16H20BrFN2O3. The van der Waals surface area contributed by atoms with Gasteiger partial charge in [-0.25, -0.2) is 9.18 Å². The molecule has 0 bridgehead atoms. The number of nitrogens with zero attached hydrogens (tertiary/aromatic N) is 1. The Hall–Kier alpha value is -1.63. The van der Waals surface area contributed by atoms with E-state index in [4.69, 9.17) is 5.11 Å². The summed E-state index contributed by atoms with van der Waals surface area (Å²) in [6.45, 7) is 2.66. The third kappa shape index (κ3) is 4.67. The largest absolute Gasteiger partial charge is 0.481 e.